The van der Waals surface area contributed by atoms with E-state index in [2.05, 4.69) is 18.7 Å². The fourth-order valence-corrected chi connectivity index (χ4v) is 3.18. The van der Waals surface area contributed by atoms with Gasteiger partial charge in [-0.05, 0) is 31.0 Å². The van der Waals surface area contributed by atoms with Crippen molar-refractivity contribution in [2.24, 2.45) is 5.92 Å². The zero-order valence-corrected chi connectivity index (χ0v) is 15.7. The molecule has 0 aliphatic carbocycles. The Labute approximate surface area is 149 Å². The van der Waals surface area contributed by atoms with Crippen LogP contribution in [0, 0.1) is 5.92 Å². The van der Waals surface area contributed by atoms with Gasteiger partial charge in [-0.25, -0.2) is 4.79 Å². The molecule has 0 aromatic heterocycles. The first-order valence-electron chi connectivity index (χ1n) is 8.65. The van der Waals surface area contributed by atoms with Crippen molar-refractivity contribution < 1.29 is 19.1 Å². The van der Waals surface area contributed by atoms with Crippen molar-refractivity contribution in [2.45, 2.75) is 33.4 Å². The average molecular weight is 348 g/mol. The lowest BCUT2D eigenvalue weighted by molar-refractivity contribution is -0.141. The number of piperazine rings is 1. The summed E-state index contributed by atoms with van der Waals surface area (Å²) in [4.78, 5) is 28.5. The van der Waals surface area contributed by atoms with Crippen LogP contribution in [0.25, 0.3) is 0 Å². The third-order valence-corrected chi connectivity index (χ3v) is 4.53. The lowest BCUT2D eigenvalue weighted by atomic mass is 10.1. The zero-order valence-electron chi connectivity index (χ0n) is 15.7. The van der Waals surface area contributed by atoms with E-state index in [9.17, 15) is 9.59 Å². The molecule has 1 saturated heterocycles. The predicted octanol–water partition coefficient (Wildman–Crippen LogP) is 2.17. The van der Waals surface area contributed by atoms with Crippen molar-refractivity contribution in [3.05, 3.63) is 29.3 Å². The van der Waals surface area contributed by atoms with E-state index in [1.807, 2.05) is 11.8 Å². The van der Waals surface area contributed by atoms with Gasteiger partial charge in [-0.15, -0.1) is 0 Å². The number of carbonyl (C=O) groups excluding carboxylic acids is 2. The Kier molecular flexibility index (Phi) is 6.42. The van der Waals surface area contributed by atoms with Crippen molar-refractivity contribution in [1.82, 2.24) is 9.80 Å². The van der Waals surface area contributed by atoms with Crippen LogP contribution < -0.4 is 4.74 Å². The second-order valence-electron chi connectivity index (χ2n) is 6.84. The van der Waals surface area contributed by atoms with Crippen LogP contribution in [-0.4, -0.2) is 61.6 Å². The molecule has 1 aromatic carbocycles. The molecule has 0 spiro atoms. The molecule has 1 aromatic rings. The van der Waals surface area contributed by atoms with Gasteiger partial charge in [0.1, 0.15) is 5.75 Å². The largest absolute Gasteiger partial charge is 0.496 e. The molecule has 1 aliphatic rings. The monoisotopic (exact) mass is 348 g/mol. The Morgan fingerprint density at radius 1 is 1.28 bits per heavy atom. The van der Waals surface area contributed by atoms with Gasteiger partial charge in [-0.2, -0.15) is 0 Å². The second kappa shape index (κ2) is 8.34. The van der Waals surface area contributed by atoms with Crippen LogP contribution in [-0.2, 0) is 16.1 Å². The highest BCUT2D eigenvalue weighted by atomic mass is 16.5. The fourth-order valence-electron chi connectivity index (χ4n) is 3.18. The van der Waals surface area contributed by atoms with Crippen LogP contribution in [0.5, 0.6) is 5.75 Å². The summed E-state index contributed by atoms with van der Waals surface area (Å²) in [6.07, 6.45) is 0. The van der Waals surface area contributed by atoms with E-state index in [0.717, 1.165) is 25.2 Å². The quantitative estimate of drug-likeness (QED) is 0.738. The first-order valence-corrected chi connectivity index (χ1v) is 8.65. The molecule has 1 amide bonds. The average Bonchev–Trinajstić information content (AvgIpc) is 2.60. The Hall–Kier alpha value is -2.08. The molecule has 6 nitrogen and oxygen atoms in total. The fraction of sp³-hybridized carbons (Fsp3) is 0.579. The number of hydrogen-bond acceptors (Lipinski definition) is 5. The minimum absolute atomic E-state index is 0.156. The third kappa shape index (κ3) is 4.51. The van der Waals surface area contributed by atoms with E-state index in [4.69, 9.17) is 9.47 Å². The number of esters is 1. The van der Waals surface area contributed by atoms with Crippen molar-refractivity contribution in [2.75, 3.05) is 33.9 Å². The highest BCUT2D eigenvalue weighted by molar-refractivity contribution is 5.89. The van der Waals surface area contributed by atoms with E-state index in [1.54, 1.807) is 25.3 Å². The van der Waals surface area contributed by atoms with Crippen LogP contribution in [0.2, 0.25) is 0 Å². The molecule has 138 valence electrons. The molecule has 0 unspecified atom stereocenters. The predicted molar refractivity (Wildman–Crippen MR) is 95.6 cm³/mol. The van der Waals surface area contributed by atoms with Crippen LogP contribution in [0.15, 0.2) is 18.2 Å². The van der Waals surface area contributed by atoms with Crippen LogP contribution >= 0.6 is 0 Å². The number of amides is 1. The molecular weight excluding hydrogens is 320 g/mol. The highest BCUT2D eigenvalue weighted by Crippen LogP contribution is 2.24. The van der Waals surface area contributed by atoms with Crippen LogP contribution in [0.1, 0.15) is 36.7 Å². The Balaban J connectivity index is 2.16. The van der Waals surface area contributed by atoms with Crippen molar-refractivity contribution in [3.8, 4) is 5.75 Å². The third-order valence-electron chi connectivity index (χ3n) is 4.53. The molecule has 0 radical (unpaired) electrons. The van der Waals surface area contributed by atoms with E-state index in [-0.39, 0.29) is 17.9 Å². The number of ether oxygens (including phenoxy) is 2. The minimum Gasteiger partial charge on any atom is -0.496 e. The summed E-state index contributed by atoms with van der Waals surface area (Å²) in [6.45, 7) is 9.03. The minimum atomic E-state index is -0.380. The van der Waals surface area contributed by atoms with Crippen LogP contribution in [0.3, 0.4) is 0 Å². The van der Waals surface area contributed by atoms with Gasteiger partial charge in [0.05, 0.1) is 25.8 Å². The Morgan fingerprint density at radius 3 is 2.60 bits per heavy atom. The normalized spacial score (nSPS) is 18.6. The SMILES string of the molecule is COC(=O)c1ccc(OC)c(CN2CCN(CC(C)C)C(=O)[C@@H]2C)c1. The molecule has 0 N–H and O–H groups in total. The smallest absolute Gasteiger partial charge is 0.337 e. The molecule has 1 atom stereocenters. The Bertz CT molecular complexity index is 630. The maximum Gasteiger partial charge on any atom is 0.337 e. The van der Waals surface area contributed by atoms with E-state index in [1.165, 1.54) is 7.11 Å². The summed E-state index contributed by atoms with van der Waals surface area (Å²) in [6, 6.07) is 5.04. The van der Waals surface area contributed by atoms with Crippen molar-refractivity contribution >= 4 is 11.9 Å². The van der Waals surface area contributed by atoms with E-state index < -0.39 is 0 Å². The molecular formula is C19H28N2O4. The van der Waals surface area contributed by atoms with Crippen molar-refractivity contribution in [1.29, 1.82) is 0 Å². The Morgan fingerprint density at radius 2 is 2.00 bits per heavy atom. The molecule has 1 heterocycles. The first-order chi connectivity index (χ1) is 11.9. The highest BCUT2D eigenvalue weighted by Gasteiger charge is 2.32. The van der Waals surface area contributed by atoms with Gasteiger partial charge >= 0.3 is 5.97 Å². The number of methoxy groups -OCH3 is 2. The second-order valence-corrected chi connectivity index (χ2v) is 6.84. The van der Waals surface area contributed by atoms with E-state index in [0.29, 0.717) is 23.8 Å². The zero-order chi connectivity index (χ0) is 18.6. The summed E-state index contributed by atoms with van der Waals surface area (Å²) in [5.41, 5.74) is 1.36. The number of carbonyl (C=O) groups is 2. The molecule has 25 heavy (non-hydrogen) atoms. The summed E-state index contributed by atoms with van der Waals surface area (Å²) in [5.74, 6) is 0.939. The van der Waals surface area contributed by atoms with E-state index >= 15 is 0 Å². The van der Waals surface area contributed by atoms with Crippen LogP contribution in [0.4, 0.5) is 0 Å². The maximum absolute atomic E-state index is 12.6. The van der Waals surface area contributed by atoms with Gasteiger partial charge in [0, 0.05) is 31.7 Å². The molecule has 6 heteroatoms. The molecule has 1 fully saturated rings. The van der Waals surface area contributed by atoms with Gasteiger partial charge < -0.3 is 14.4 Å². The summed E-state index contributed by atoms with van der Waals surface area (Å²) >= 11 is 0. The van der Waals surface area contributed by atoms with Gasteiger partial charge in [0.2, 0.25) is 5.91 Å². The van der Waals surface area contributed by atoms with Gasteiger partial charge in [-0.1, -0.05) is 13.8 Å². The standard InChI is InChI=1S/C19H28N2O4/c1-13(2)11-21-9-8-20(14(3)18(21)22)12-16-10-15(19(23)25-5)6-7-17(16)24-4/h6-7,10,13-14H,8-9,11-12H2,1-5H3/t14-/m0/s1. The van der Waals surface area contributed by atoms with Gasteiger partial charge in [0.25, 0.3) is 0 Å². The summed E-state index contributed by atoms with van der Waals surface area (Å²) < 4.78 is 10.2. The molecule has 0 saturated carbocycles. The topological polar surface area (TPSA) is 59.1 Å². The van der Waals surface area contributed by atoms with Gasteiger partial charge in [0.15, 0.2) is 0 Å². The molecule has 1 aliphatic heterocycles. The molecule has 2 rings (SSSR count). The number of nitrogens with zero attached hydrogens (tertiary/aromatic N) is 2. The number of rotatable bonds is 6. The molecule has 0 bridgehead atoms. The number of hydrogen-bond donors (Lipinski definition) is 0. The summed E-state index contributed by atoms with van der Waals surface area (Å²) in [7, 11) is 2.97. The lowest BCUT2D eigenvalue weighted by Gasteiger charge is -2.40. The first kappa shape index (κ1) is 19.2. The lowest BCUT2D eigenvalue weighted by Crippen LogP contribution is -2.56. The van der Waals surface area contributed by atoms with Crippen molar-refractivity contribution in [3.63, 3.8) is 0 Å². The van der Waals surface area contributed by atoms with Gasteiger partial charge in [-0.3, -0.25) is 9.69 Å². The maximum atomic E-state index is 12.6. The number of benzene rings is 1. The summed E-state index contributed by atoms with van der Waals surface area (Å²) in [5, 5.41) is 0.